The minimum absolute atomic E-state index is 0. The van der Waals surface area contributed by atoms with E-state index >= 15 is 0 Å². The number of halogens is 3. The number of carbonyl (C=O) groups is 4. The fourth-order valence-electron chi connectivity index (χ4n) is 9.25. The molecule has 9 heterocycles. The SMILES string of the molecule is C.CC1(C)OB(c2ccc(C(=O)N3CCOCC3)nc2)OC1(C)C.Nc1ccc(/C=C/C(=O)NCC2Cc3cc(-c4ccc(C(=O)N5CCOCC5)nc4)cc(Cl)c3O2)cn1.Nc1ccc(/C=C/C(=O)NCC2Cc3cc(Br)cc(Cl)c3O2)cn1. The van der Waals surface area contributed by atoms with Gasteiger partial charge in [0.2, 0.25) is 11.8 Å². The quantitative estimate of drug-likeness (QED) is 0.0676. The van der Waals surface area contributed by atoms with Gasteiger partial charge >= 0.3 is 7.12 Å². The number of rotatable bonds is 12. The summed E-state index contributed by atoms with van der Waals surface area (Å²) >= 11 is 16.1. The van der Waals surface area contributed by atoms with Gasteiger partial charge in [0.15, 0.2) is 0 Å². The molecule has 0 bridgehead atoms. The predicted molar refractivity (Wildman–Crippen MR) is 332 cm³/mol. The molecule has 11 rings (SSSR count). The van der Waals surface area contributed by atoms with Crippen molar-refractivity contribution in [2.24, 2.45) is 0 Å². The lowest BCUT2D eigenvalue weighted by Crippen LogP contribution is -2.41. The van der Waals surface area contributed by atoms with Crippen LogP contribution in [0.25, 0.3) is 23.3 Å². The maximum Gasteiger partial charge on any atom is 0.496 e. The highest BCUT2D eigenvalue weighted by Gasteiger charge is 2.52. The smallest absolute Gasteiger partial charge is 0.486 e. The number of benzene rings is 2. The summed E-state index contributed by atoms with van der Waals surface area (Å²) in [5, 5.41) is 6.75. The van der Waals surface area contributed by atoms with Gasteiger partial charge in [0.05, 0.1) is 60.8 Å². The number of amides is 4. The molecule has 3 saturated heterocycles. The van der Waals surface area contributed by atoms with Crippen molar-refractivity contribution in [2.75, 3.05) is 77.2 Å². The maximum absolute atomic E-state index is 12.7. The van der Waals surface area contributed by atoms with Gasteiger partial charge in [0.1, 0.15) is 46.7 Å². The molecule has 0 aliphatic carbocycles. The number of anilines is 2. The van der Waals surface area contributed by atoms with Gasteiger partial charge in [-0.2, -0.15) is 0 Å². The minimum Gasteiger partial charge on any atom is -0.486 e. The van der Waals surface area contributed by atoms with Crippen LogP contribution in [-0.2, 0) is 41.2 Å². The Morgan fingerprint density at radius 2 is 1.09 bits per heavy atom. The summed E-state index contributed by atoms with van der Waals surface area (Å²) in [6, 6.07) is 21.7. The van der Waals surface area contributed by atoms with E-state index in [1.54, 1.807) is 89.2 Å². The van der Waals surface area contributed by atoms with Crippen molar-refractivity contribution in [1.29, 1.82) is 0 Å². The molecule has 446 valence electrons. The molecule has 2 unspecified atom stereocenters. The Morgan fingerprint density at radius 1 is 0.624 bits per heavy atom. The van der Waals surface area contributed by atoms with Crippen LogP contribution in [0.1, 0.15) is 78.4 Å². The summed E-state index contributed by atoms with van der Waals surface area (Å²) in [6.07, 6.45) is 13.8. The largest absolute Gasteiger partial charge is 0.496 e. The van der Waals surface area contributed by atoms with Crippen LogP contribution in [0.3, 0.4) is 0 Å². The van der Waals surface area contributed by atoms with E-state index in [1.165, 1.54) is 12.2 Å². The van der Waals surface area contributed by atoms with E-state index in [4.69, 9.17) is 62.9 Å². The van der Waals surface area contributed by atoms with Gasteiger partial charge in [0.25, 0.3) is 11.8 Å². The van der Waals surface area contributed by atoms with Crippen LogP contribution in [0.2, 0.25) is 10.0 Å². The molecule has 2 aromatic carbocycles. The fraction of sp³-hybridized carbons (Fsp3) is 0.344. The Morgan fingerprint density at radius 3 is 1.54 bits per heavy atom. The zero-order chi connectivity index (χ0) is 59.5. The summed E-state index contributed by atoms with van der Waals surface area (Å²) in [5.74, 6) is 1.60. The summed E-state index contributed by atoms with van der Waals surface area (Å²) in [5.41, 5.74) is 17.3. The average molecular weight is 1260 g/mol. The number of nitrogen functional groups attached to an aromatic ring is 2. The van der Waals surface area contributed by atoms with E-state index in [0.29, 0.717) is 123 Å². The Hall–Kier alpha value is -7.44. The molecule has 4 amide bonds. The van der Waals surface area contributed by atoms with Crippen LogP contribution in [-0.4, -0.2) is 150 Å². The molecule has 0 spiro atoms. The number of carbonyl (C=O) groups excluding carboxylic acids is 4. The van der Waals surface area contributed by atoms with Crippen LogP contribution >= 0.6 is 39.1 Å². The molecular weight excluding hydrogens is 1190 g/mol. The molecule has 0 radical (unpaired) electrons. The average Bonchev–Trinajstić information content (AvgIpc) is 3.71. The van der Waals surface area contributed by atoms with E-state index < -0.39 is 7.12 Å². The van der Waals surface area contributed by atoms with Crippen molar-refractivity contribution in [2.45, 2.75) is 71.4 Å². The van der Waals surface area contributed by atoms with E-state index in [9.17, 15) is 19.2 Å². The third-order valence-electron chi connectivity index (χ3n) is 14.6. The van der Waals surface area contributed by atoms with Crippen molar-refractivity contribution in [1.82, 2.24) is 40.4 Å². The lowest BCUT2D eigenvalue weighted by molar-refractivity contribution is -0.117. The molecule has 4 aromatic heterocycles. The van der Waals surface area contributed by atoms with E-state index in [0.717, 1.165) is 43.3 Å². The number of nitrogens with zero attached hydrogens (tertiary/aromatic N) is 6. The van der Waals surface area contributed by atoms with E-state index in [2.05, 4.69) is 46.5 Å². The number of aromatic nitrogens is 4. The number of hydrogen-bond acceptors (Lipinski definition) is 16. The monoisotopic (exact) mass is 1260 g/mol. The standard InChI is InChI=1S/C27H26ClN5O4.C17H15BrClN3O2.C16H23BN2O4.CH4/c28-22-13-19(18-3-4-23(30-15-18)27(35)33-7-9-36-10-8-33)11-20-12-21(37-26(20)22)16-32-25(34)6-2-17-1-5-24(29)31-14-17;18-12-5-11-6-13(24-17(11)14(19)7-12)9-22-16(23)4-2-10-1-3-15(20)21-8-10;1-15(2)16(3,4)23-17(22-15)12-5-6-13(18-11-12)14(20)19-7-9-21-10-8-19;/h1-6,11,13-15,21H,7-10,12,16H2,(H2,29,31)(H,32,34);1-5,7-8,13H,6,9H2,(H2,20,21)(H,22,23);5-6,11H,7-10H2,1-4H3;1H4/b6-2+;4-2+;;. The number of pyridine rings is 4. The highest BCUT2D eigenvalue weighted by atomic mass is 79.9. The lowest BCUT2D eigenvalue weighted by atomic mass is 9.80. The summed E-state index contributed by atoms with van der Waals surface area (Å²) in [4.78, 5) is 69.3. The van der Waals surface area contributed by atoms with Crippen molar-refractivity contribution in [3.63, 3.8) is 0 Å². The lowest BCUT2D eigenvalue weighted by Gasteiger charge is -2.32. The second kappa shape index (κ2) is 28.6. The first-order valence-electron chi connectivity index (χ1n) is 27.3. The first-order chi connectivity index (χ1) is 40.3. The van der Waals surface area contributed by atoms with Crippen molar-refractivity contribution >= 4 is 99.1 Å². The molecule has 3 fully saturated rings. The number of ether oxygens (including phenoxy) is 4. The molecular formula is C61H68BBrCl2N10O10. The van der Waals surface area contributed by atoms with Crippen LogP contribution in [0, 0.1) is 0 Å². The summed E-state index contributed by atoms with van der Waals surface area (Å²) < 4.78 is 35.3. The summed E-state index contributed by atoms with van der Waals surface area (Å²) in [6.45, 7) is 13.4. The third-order valence-corrected chi connectivity index (χ3v) is 15.6. The Kier molecular flexibility index (Phi) is 21.4. The van der Waals surface area contributed by atoms with Crippen LogP contribution < -0.4 is 37.0 Å². The Bertz CT molecular complexity index is 3370. The van der Waals surface area contributed by atoms with Gasteiger partial charge in [-0.25, -0.2) is 9.97 Å². The normalized spacial score (nSPS) is 18.1. The van der Waals surface area contributed by atoms with Crippen LogP contribution in [0.4, 0.5) is 11.6 Å². The Balaban J connectivity index is 0.000000172. The first kappa shape index (κ1) is 63.6. The molecule has 6 aromatic rings. The fourth-order valence-corrected chi connectivity index (χ4v) is 10.5. The van der Waals surface area contributed by atoms with Crippen molar-refractivity contribution in [3.8, 4) is 22.6 Å². The van der Waals surface area contributed by atoms with Gasteiger partial charge in [-0.1, -0.05) is 58.7 Å². The molecule has 5 aliphatic rings. The molecule has 0 saturated carbocycles. The zero-order valence-corrected chi connectivity index (χ0v) is 49.9. The topological polar surface area (TPSA) is 258 Å². The van der Waals surface area contributed by atoms with Gasteiger partial charge < -0.3 is 60.2 Å². The second-order valence-electron chi connectivity index (χ2n) is 21.2. The van der Waals surface area contributed by atoms with Crippen molar-refractivity contribution < 1.29 is 47.4 Å². The molecule has 5 aliphatic heterocycles. The highest BCUT2D eigenvalue weighted by molar-refractivity contribution is 9.10. The number of nitrogens with one attached hydrogen (secondary N) is 2. The van der Waals surface area contributed by atoms with Gasteiger partial charge in [-0.3, -0.25) is 29.1 Å². The number of hydrogen-bond donors (Lipinski definition) is 4. The van der Waals surface area contributed by atoms with E-state index in [-0.39, 0.29) is 54.5 Å². The van der Waals surface area contributed by atoms with Crippen LogP contribution in [0.5, 0.6) is 11.5 Å². The second-order valence-corrected chi connectivity index (χ2v) is 22.9. The van der Waals surface area contributed by atoms with E-state index in [1.807, 2.05) is 58.0 Å². The van der Waals surface area contributed by atoms with Gasteiger partial charge in [-0.15, -0.1) is 0 Å². The highest BCUT2D eigenvalue weighted by Crippen LogP contribution is 2.41. The van der Waals surface area contributed by atoms with Gasteiger partial charge in [0, 0.05) is 103 Å². The molecule has 85 heavy (non-hydrogen) atoms. The third kappa shape index (κ3) is 16.7. The molecule has 6 N–H and O–H groups in total. The van der Waals surface area contributed by atoms with Crippen molar-refractivity contribution in [3.05, 3.63) is 158 Å². The maximum atomic E-state index is 12.7. The molecule has 2 atom stereocenters. The first-order valence-corrected chi connectivity index (χ1v) is 28.8. The Labute approximate surface area is 513 Å². The summed E-state index contributed by atoms with van der Waals surface area (Å²) in [7, 11) is -0.458. The minimum atomic E-state index is -0.458. The molecule has 24 heteroatoms. The molecule has 20 nitrogen and oxygen atoms in total. The zero-order valence-electron chi connectivity index (χ0n) is 46.8. The number of morpholine rings is 2. The predicted octanol–water partition coefficient (Wildman–Crippen LogP) is 7.69. The van der Waals surface area contributed by atoms with Crippen LogP contribution in [0.15, 0.2) is 114 Å². The number of fused-ring (bicyclic) bond motifs is 2. The van der Waals surface area contributed by atoms with Gasteiger partial charge in [-0.05, 0) is 117 Å². The number of nitrogens with two attached hydrogens (primary N) is 2.